The molecule has 0 aliphatic carbocycles. The van der Waals surface area contributed by atoms with Crippen molar-refractivity contribution >= 4 is 23.6 Å². The van der Waals surface area contributed by atoms with Gasteiger partial charge < -0.3 is 4.74 Å². The Bertz CT molecular complexity index is 446. The van der Waals surface area contributed by atoms with Crippen LogP contribution in [0.4, 0.5) is 0 Å². The molecule has 0 bridgehead atoms. The lowest BCUT2D eigenvalue weighted by Crippen LogP contribution is -2.01. The first kappa shape index (κ1) is 15.5. The van der Waals surface area contributed by atoms with Gasteiger partial charge in [-0.05, 0) is 30.5 Å². The van der Waals surface area contributed by atoms with Gasteiger partial charge in [0.15, 0.2) is 0 Å². The second-order valence-corrected chi connectivity index (χ2v) is 4.64. The smallest absolute Gasteiger partial charge is 0.309 e. The largest absolute Gasteiger partial charge is 0.466 e. The number of hydrogen-bond donors (Lipinski definition) is 0. The van der Waals surface area contributed by atoms with Crippen molar-refractivity contribution < 1.29 is 9.53 Å². The summed E-state index contributed by atoms with van der Waals surface area (Å²) < 4.78 is 4.84. The van der Waals surface area contributed by atoms with Gasteiger partial charge in [0.1, 0.15) is 0 Å². The van der Waals surface area contributed by atoms with E-state index >= 15 is 0 Å². The Hall–Kier alpha value is -1.54. The molecule has 0 radical (unpaired) electrons. The fraction of sp³-hybridized carbons (Fsp3) is 0.312. The number of carbonyl (C=O) groups is 1. The second kappa shape index (κ2) is 8.54. The lowest BCUT2D eigenvalue weighted by atomic mass is 10.1. The molecule has 0 saturated heterocycles. The van der Waals surface area contributed by atoms with Gasteiger partial charge in [-0.25, -0.2) is 0 Å². The Kier molecular flexibility index (Phi) is 6.98. The summed E-state index contributed by atoms with van der Waals surface area (Å²) >= 11 is 5.82. The van der Waals surface area contributed by atoms with E-state index in [4.69, 9.17) is 16.3 Å². The van der Waals surface area contributed by atoms with Crippen molar-refractivity contribution in [3.8, 4) is 0 Å². The van der Waals surface area contributed by atoms with Gasteiger partial charge in [0, 0.05) is 5.02 Å². The highest BCUT2D eigenvalue weighted by Gasteiger charge is 1.97. The summed E-state index contributed by atoms with van der Waals surface area (Å²) in [6, 6.07) is 7.66. The van der Waals surface area contributed by atoms with Crippen LogP contribution in [0.3, 0.4) is 0 Å². The lowest BCUT2D eigenvalue weighted by molar-refractivity contribution is -0.142. The summed E-state index contributed by atoms with van der Waals surface area (Å²) in [4.78, 5) is 11.1. The maximum Gasteiger partial charge on any atom is 0.309 e. The molecule has 0 aromatic heterocycles. The van der Waals surface area contributed by atoms with Crippen LogP contribution in [0, 0.1) is 5.92 Å². The Morgan fingerprint density at radius 3 is 2.63 bits per heavy atom. The molecule has 1 atom stereocenters. The Balaban J connectivity index is 2.42. The van der Waals surface area contributed by atoms with Crippen LogP contribution in [0.25, 0.3) is 6.08 Å². The number of allylic oxidation sites excluding steroid dienone is 2. The third kappa shape index (κ3) is 6.82. The molecule has 0 N–H and O–H groups in total. The van der Waals surface area contributed by atoms with Crippen LogP contribution in [0.15, 0.2) is 42.5 Å². The molecule has 0 aliphatic rings. The molecule has 1 rings (SSSR count). The van der Waals surface area contributed by atoms with Gasteiger partial charge in [0.25, 0.3) is 0 Å². The molecule has 1 aromatic carbocycles. The van der Waals surface area contributed by atoms with Gasteiger partial charge in [-0.1, -0.05) is 55.0 Å². The quantitative estimate of drug-likeness (QED) is 0.566. The number of esters is 1. The second-order valence-electron chi connectivity index (χ2n) is 4.21. The Morgan fingerprint density at radius 2 is 2.00 bits per heavy atom. The molecule has 0 heterocycles. The third-order valence-electron chi connectivity index (χ3n) is 2.49. The zero-order chi connectivity index (χ0) is 14.1. The molecular formula is C16H19ClO2. The van der Waals surface area contributed by atoms with Crippen LogP contribution in [0.1, 0.15) is 25.8 Å². The monoisotopic (exact) mass is 278 g/mol. The maximum atomic E-state index is 11.1. The van der Waals surface area contributed by atoms with Gasteiger partial charge in [-0.15, -0.1) is 0 Å². The van der Waals surface area contributed by atoms with Crippen molar-refractivity contribution in [3.05, 3.63) is 53.1 Å². The summed E-state index contributed by atoms with van der Waals surface area (Å²) in [6.07, 6.45) is 8.27. The molecule has 2 nitrogen and oxygen atoms in total. The number of halogens is 1. The third-order valence-corrected chi connectivity index (χ3v) is 2.74. The van der Waals surface area contributed by atoms with E-state index in [1.165, 1.54) is 0 Å². The summed E-state index contributed by atoms with van der Waals surface area (Å²) in [6.45, 7) is 4.30. The number of hydrogen-bond acceptors (Lipinski definition) is 2. The minimum absolute atomic E-state index is 0.187. The molecular weight excluding hydrogens is 260 g/mol. The molecule has 0 amide bonds. The van der Waals surface area contributed by atoms with Crippen LogP contribution in [0.5, 0.6) is 0 Å². The molecule has 1 aromatic rings. The highest BCUT2D eigenvalue weighted by molar-refractivity contribution is 6.30. The van der Waals surface area contributed by atoms with Gasteiger partial charge in [0.05, 0.1) is 13.0 Å². The number of rotatable bonds is 6. The molecule has 3 heteroatoms. The van der Waals surface area contributed by atoms with Gasteiger partial charge >= 0.3 is 5.97 Å². The highest BCUT2D eigenvalue weighted by atomic mass is 35.5. The number of ether oxygens (including phenoxy) is 1. The van der Waals surface area contributed by atoms with Gasteiger partial charge in [0.2, 0.25) is 0 Å². The molecule has 19 heavy (non-hydrogen) atoms. The van der Waals surface area contributed by atoms with E-state index in [1.54, 1.807) is 6.92 Å². The van der Waals surface area contributed by atoms with Crippen molar-refractivity contribution in [2.24, 2.45) is 5.92 Å². The predicted octanol–water partition coefficient (Wildman–Crippen LogP) is 4.50. The normalized spacial score (nSPS) is 13.0. The van der Waals surface area contributed by atoms with E-state index in [0.29, 0.717) is 13.0 Å². The standard InChI is InChI=1S/C16H19ClO2/c1-3-19-16(18)6-4-5-13(2)7-8-14-9-11-15(17)12-10-14/h4-5,7-13H,3,6H2,1-2H3/b5-4-,8-7+. The van der Waals surface area contributed by atoms with Crippen LogP contribution in [-0.2, 0) is 9.53 Å². The van der Waals surface area contributed by atoms with E-state index in [-0.39, 0.29) is 11.9 Å². The minimum atomic E-state index is -0.187. The van der Waals surface area contributed by atoms with E-state index < -0.39 is 0 Å². The van der Waals surface area contributed by atoms with Crippen LogP contribution < -0.4 is 0 Å². The predicted molar refractivity (Wildman–Crippen MR) is 80.0 cm³/mol. The molecule has 0 spiro atoms. The van der Waals surface area contributed by atoms with Crippen LogP contribution in [0.2, 0.25) is 5.02 Å². The van der Waals surface area contributed by atoms with Crippen molar-refractivity contribution in [3.63, 3.8) is 0 Å². The van der Waals surface area contributed by atoms with E-state index in [9.17, 15) is 4.79 Å². The average Bonchev–Trinajstić information content (AvgIpc) is 2.38. The summed E-state index contributed by atoms with van der Waals surface area (Å²) in [5.41, 5.74) is 1.11. The number of benzene rings is 1. The van der Waals surface area contributed by atoms with Crippen molar-refractivity contribution in [2.45, 2.75) is 20.3 Å². The fourth-order valence-electron chi connectivity index (χ4n) is 1.50. The van der Waals surface area contributed by atoms with Crippen molar-refractivity contribution in [1.29, 1.82) is 0 Å². The first-order valence-corrected chi connectivity index (χ1v) is 6.75. The fourth-order valence-corrected chi connectivity index (χ4v) is 1.63. The summed E-state index contributed by atoms with van der Waals surface area (Å²) in [5.74, 6) is 0.0812. The highest BCUT2D eigenvalue weighted by Crippen LogP contribution is 2.12. The zero-order valence-corrected chi connectivity index (χ0v) is 12.1. The molecule has 0 aliphatic heterocycles. The van der Waals surface area contributed by atoms with E-state index in [2.05, 4.69) is 13.0 Å². The van der Waals surface area contributed by atoms with E-state index in [1.807, 2.05) is 42.5 Å². The van der Waals surface area contributed by atoms with Crippen molar-refractivity contribution in [2.75, 3.05) is 6.61 Å². The molecule has 102 valence electrons. The van der Waals surface area contributed by atoms with E-state index in [0.717, 1.165) is 10.6 Å². The topological polar surface area (TPSA) is 26.3 Å². The lowest BCUT2D eigenvalue weighted by Gasteiger charge is -2.00. The maximum absolute atomic E-state index is 11.1. The van der Waals surface area contributed by atoms with Gasteiger partial charge in [-0.2, -0.15) is 0 Å². The SMILES string of the molecule is CCOC(=O)C/C=C\C(C)/C=C/c1ccc(Cl)cc1. The van der Waals surface area contributed by atoms with Crippen LogP contribution >= 0.6 is 11.6 Å². The minimum Gasteiger partial charge on any atom is -0.466 e. The Morgan fingerprint density at radius 1 is 1.32 bits per heavy atom. The average molecular weight is 279 g/mol. The zero-order valence-electron chi connectivity index (χ0n) is 11.3. The first-order valence-electron chi connectivity index (χ1n) is 6.38. The first-order chi connectivity index (χ1) is 9.11. The summed E-state index contributed by atoms with van der Waals surface area (Å²) in [5, 5.41) is 0.736. The molecule has 0 fully saturated rings. The molecule has 0 saturated carbocycles. The molecule has 1 unspecified atom stereocenters. The summed E-state index contributed by atoms with van der Waals surface area (Å²) in [7, 11) is 0. The van der Waals surface area contributed by atoms with Gasteiger partial charge in [-0.3, -0.25) is 4.79 Å². The van der Waals surface area contributed by atoms with Crippen molar-refractivity contribution in [1.82, 2.24) is 0 Å². The number of carbonyl (C=O) groups excluding carboxylic acids is 1. The Labute approximate surface area is 119 Å². The van der Waals surface area contributed by atoms with Crippen LogP contribution in [-0.4, -0.2) is 12.6 Å².